The molecule has 24 heavy (non-hydrogen) atoms. The predicted molar refractivity (Wildman–Crippen MR) is 95.8 cm³/mol. The maximum Gasteiger partial charge on any atom is 0.188 e. The van der Waals surface area contributed by atoms with E-state index in [2.05, 4.69) is 28.5 Å². The molecule has 0 bridgehead atoms. The normalized spacial score (nSPS) is 26.5. The van der Waals surface area contributed by atoms with Crippen molar-refractivity contribution >= 4 is 5.96 Å². The number of rotatable bonds is 5. The van der Waals surface area contributed by atoms with Gasteiger partial charge in [-0.2, -0.15) is 5.10 Å². The molecule has 0 amide bonds. The van der Waals surface area contributed by atoms with Crippen LogP contribution >= 0.6 is 0 Å². The van der Waals surface area contributed by atoms with Gasteiger partial charge in [-0.3, -0.25) is 9.67 Å². The number of aliphatic imine (C=N–C) groups is 1. The number of nitrogens with zero attached hydrogens (tertiary/aromatic N) is 3. The molecule has 0 unspecified atom stereocenters. The number of hydrogen-bond donors (Lipinski definition) is 2. The highest BCUT2D eigenvalue weighted by molar-refractivity contribution is 5.78. The molecule has 2 atom stereocenters. The molecule has 2 aliphatic rings. The average Bonchev–Trinajstić information content (AvgIpc) is 3.17. The van der Waals surface area contributed by atoms with E-state index in [-0.39, 0.29) is 6.10 Å². The Morgan fingerprint density at radius 2 is 2.12 bits per heavy atom. The molecule has 3 rings (SSSR count). The number of nitrogens with two attached hydrogens (primary N) is 1. The maximum absolute atomic E-state index is 6.13. The van der Waals surface area contributed by atoms with Crippen LogP contribution in [0.4, 0.5) is 0 Å². The predicted octanol–water partition coefficient (Wildman–Crippen LogP) is 2.61. The summed E-state index contributed by atoms with van der Waals surface area (Å²) in [4.78, 5) is 4.61. The number of nitrogens with one attached hydrogen (secondary N) is 1. The van der Waals surface area contributed by atoms with Crippen LogP contribution in [0.5, 0.6) is 0 Å². The summed E-state index contributed by atoms with van der Waals surface area (Å²) < 4.78 is 7.87. The lowest BCUT2D eigenvalue weighted by Gasteiger charge is -2.18. The molecule has 1 aliphatic heterocycles. The first-order chi connectivity index (χ1) is 11.8. The molecule has 134 valence electrons. The van der Waals surface area contributed by atoms with Gasteiger partial charge in [-0.05, 0) is 26.2 Å². The Morgan fingerprint density at radius 3 is 2.83 bits per heavy atom. The van der Waals surface area contributed by atoms with Crippen molar-refractivity contribution in [3.8, 4) is 0 Å². The van der Waals surface area contributed by atoms with Gasteiger partial charge in [0.1, 0.15) is 0 Å². The molecule has 6 heteroatoms. The highest BCUT2D eigenvalue weighted by Crippen LogP contribution is 2.34. The molecule has 0 radical (unpaired) electrons. The number of aromatic nitrogens is 2. The fourth-order valence-corrected chi connectivity index (χ4v) is 3.78. The van der Waals surface area contributed by atoms with Gasteiger partial charge in [-0.1, -0.05) is 25.7 Å². The van der Waals surface area contributed by atoms with Gasteiger partial charge in [0.15, 0.2) is 5.96 Å². The van der Waals surface area contributed by atoms with Crippen LogP contribution < -0.4 is 11.1 Å². The summed E-state index contributed by atoms with van der Waals surface area (Å²) in [6.07, 6.45) is 12.8. The van der Waals surface area contributed by atoms with E-state index in [0.29, 0.717) is 24.5 Å². The van der Waals surface area contributed by atoms with Crippen molar-refractivity contribution in [2.24, 2.45) is 16.6 Å². The Labute approximate surface area is 144 Å². The largest absolute Gasteiger partial charge is 0.373 e. The van der Waals surface area contributed by atoms with Crippen LogP contribution in [0.15, 0.2) is 17.4 Å². The topological polar surface area (TPSA) is 77.5 Å². The van der Waals surface area contributed by atoms with E-state index < -0.39 is 0 Å². The minimum atomic E-state index is 0.0970. The number of ether oxygens (including phenoxy) is 1. The molecule has 2 fully saturated rings. The van der Waals surface area contributed by atoms with Crippen molar-refractivity contribution in [3.63, 3.8) is 0 Å². The van der Waals surface area contributed by atoms with Gasteiger partial charge in [0, 0.05) is 43.4 Å². The van der Waals surface area contributed by atoms with E-state index >= 15 is 0 Å². The van der Waals surface area contributed by atoms with Crippen molar-refractivity contribution in [3.05, 3.63) is 18.0 Å². The Bertz CT molecular complexity index is 533. The Morgan fingerprint density at radius 1 is 1.33 bits per heavy atom. The molecule has 6 nitrogen and oxygen atoms in total. The highest BCUT2D eigenvalue weighted by Gasteiger charge is 2.30. The van der Waals surface area contributed by atoms with E-state index in [1.807, 2.05) is 10.9 Å². The van der Waals surface area contributed by atoms with Crippen LogP contribution in [0.3, 0.4) is 0 Å². The molecular formula is C18H31N5O. The monoisotopic (exact) mass is 333 g/mol. The fraction of sp³-hybridized carbons (Fsp3) is 0.778. The molecule has 1 aromatic heterocycles. The number of aryl methyl sites for hydroxylation is 1. The number of hydrogen-bond acceptors (Lipinski definition) is 3. The average molecular weight is 333 g/mol. The van der Waals surface area contributed by atoms with Gasteiger partial charge in [0.2, 0.25) is 0 Å². The third kappa shape index (κ3) is 4.50. The molecule has 3 N–H and O–H groups in total. The Balaban J connectivity index is 1.53. The van der Waals surface area contributed by atoms with Crippen molar-refractivity contribution in [2.45, 2.75) is 70.6 Å². The molecule has 1 saturated carbocycles. The second kappa shape index (κ2) is 8.51. The molecule has 1 aromatic rings. The second-order valence-electron chi connectivity index (χ2n) is 7.03. The summed E-state index contributed by atoms with van der Waals surface area (Å²) in [6, 6.07) is 0.495. The SMILES string of the molecule is CCn1cc([C@@H]2OCC[C@H]2CN=C(N)NC2CCCCCC2)cn1. The first-order valence-electron chi connectivity index (χ1n) is 9.46. The summed E-state index contributed by atoms with van der Waals surface area (Å²) >= 11 is 0. The maximum atomic E-state index is 6.13. The molecule has 1 saturated heterocycles. The zero-order valence-electron chi connectivity index (χ0n) is 14.8. The van der Waals surface area contributed by atoms with Gasteiger partial charge in [-0.15, -0.1) is 0 Å². The molecular weight excluding hydrogens is 302 g/mol. The third-order valence-corrected chi connectivity index (χ3v) is 5.22. The third-order valence-electron chi connectivity index (χ3n) is 5.22. The summed E-state index contributed by atoms with van der Waals surface area (Å²) in [5.41, 5.74) is 7.28. The van der Waals surface area contributed by atoms with Crippen LogP contribution in [-0.2, 0) is 11.3 Å². The first kappa shape index (κ1) is 17.3. The van der Waals surface area contributed by atoms with Gasteiger partial charge in [-0.25, -0.2) is 0 Å². The standard InChI is InChI=1S/C18H31N5O/c1-2-23-13-15(12-21-23)17-14(9-10-24-17)11-20-18(19)22-16-7-5-3-4-6-8-16/h12-14,16-17H,2-11H2,1H3,(H3,19,20,22)/t14-,17+/m0/s1. The zero-order valence-corrected chi connectivity index (χ0v) is 14.8. The first-order valence-corrected chi connectivity index (χ1v) is 9.46. The van der Waals surface area contributed by atoms with Crippen molar-refractivity contribution < 1.29 is 4.74 Å². The zero-order chi connectivity index (χ0) is 16.8. The van der Waals surface area contributed by atoms with Gasteiger partial charge >= 0.3 is 0 Å². The molecule has 2 heterocycles. The number of guanidine groups is 1. The molecule has 1 aliphatic carbocycles. The van der Waals surface area contributed by atoms with Gasteiger partial charge < -0.3 is 15.8 Å². The van der Waals surface area contributed by atoms with Gasteiger partial charge in [0.05, 0.1) is 12.3 Å². The lowest BCUT2D eigenvalue weighted by molar-refractivity contribution is 0.0925. The summed E-state index contributed by atoms with van der Waals surface area (Å²) in [6.45, 7) is 4.48. The highest BCUT2D eigenvalue weighted by atomic mass is 16.5. The van der Waals surface area contributed by atoms with Crippen LogP contribution in [0.2, 0.25) is 0 Å². The van der Waals surface area contributed by atoms with Crippen molar-refractivity contribution in [1.82, 2.24) is 15.1 Å². The summed E-state index contributed by atoms with van der Waals surface area (Å²) in [7, 11) is 0. The summed E-state index contributed by atoms with van der Waals surface area (Å²) in [5, 5.41) is 7.78. The van der Waals surface area contributed by atoms with E-state index in [1.165, 1.54) is 38.5 Å². The smallest absolute Gasteiger partial charge is 0.188 e. The lowest BCUT2D eigenvalue weighted by Crippen LogP contribution is -2.40. The van der Waals surface area contributed by atoms with Crippen LogP contribution in [0.1, 0.15) is 63.5 Å². The minimum absolute atomic E-state index is 0.0970. The molecule has 0 aromatic carbocycles. The van der Waals surface area contributed by atoms with Crippen molar-refractivity contribution in [2.75, 3.05) is 13.2 Å². The fourth-order valence-electron chi connectivity index (χ4n) is 3.78. The van der Waals surface area contributed by atoms with Crippen LogP contribution in [-0.4, -0.2) is 34.9 Å². The lowest BCUT2D eigenvalue weighted by atomic mass is 9.98. The van der Waals surface area contributed by atoms with Gasteiger partial charge in [0.25, 0.3) is 0 Å². The Hall–Kier alpha value is -1.56. The minimum Gasteiger partial charge on any atom is -0.373 e. The van der Waals surface area contributed by atoms with E-state index in [1.54, 1.807) is 0 Å². The second-order valence-corrected chi connectivity index (χ2v) is 7.03. The molecule has 0 spiro atoms. The summed E-state index contributed by atoms with van der Waals surface area (Å²) in [5.74, 6) is 0.978. The van der Waals surface area contributed by atoms with E-state index in [4.69, 9.17) is 10.5 Å². The van der Waals surface area contributed by atoms with Crippen LogP contribution in [0, 0.1) is 5.92 Å². The van der Waals surface area contributed by atoms with E-state index in [9.17, 15) is 0 Å². The Kier molecular flexibility index (Phi) is 6.12. The quantitative estimate of drug-likeness (QED) is 0.493. The van der Waals surface area contributed by atoms with E-state index in [0.717, 1.165) is 25.1 Å². The van der Waals surface area contributed by atoms with Crippen LogP contribution in [0.25, 0.3) is 0 Å². The van der Waals surface area contributed by atoms with Crippen molar-refractivity contribution in [1.29, 1.82) is 0 Å².